The molecule has 4 aromatic rings. The van der Waals surface area contributed by atoms with Crippen LogP contribution < -0.4 is 4.90 Å². The van der Waals surface area contributed by atoms with E-state index in [4.69, 9.17) is 0 Å². The maximum atomic E-state index is 12.9. The molecule has 10 heteroatoms. The van der Waals surface area contributed by atoms with Crippen molar-refractivity contribution in [1.29, 1.82) is 0 Å². The van der Waals surface area contributed by atoms with Crippen molar-refractivity contribution in [3.05, 3.63) is 72.8 Å². The van der Waals surface area contributed by atoms with Crippen LogP contribution in [0.1, 0.15) is 12.0 Å². The molecule has 1 aliphatic rings. The summed E-state index contributed by atoms with van der Waals surface area (Å²) in [5.41, 5.74) is 3.11. The Morgan fingerprint density at radius 1 is 0.914 bits per heavy atom. The van der Waals surface area contributed by atoms with E-state index < -0.39 is 0 Å². The lowest BCUT2D eigenvalue weighted by Gasteiger charge is -2.34. The Kier molecular flexibility index (Phi) is 6.99. The van der Waals surface area contributed by atoms with Crippen molar-refractivity contribution in [2.45, 2.75) is 18.5 Å². The van der Waals surface area contributed by atoms with Crippen LogP contribution in [-0.2, 0) is 4.79 Å². The number of carbonyl (C=O) groups excluding carboxylic acids is 1. The molecule has 0 spiro atoms. The van der Waals surface area contributed by atoms with Crippen LogP contribution in [0.15, 0.2) is 72.4 Å². The van der Waals surface area contributed by atoms with E-state index in [0.29, 0.717) is 25.3 Å². The van der Waals surface area contributed by atoms with Crippen LogP contribution in [0, 0.1) is 6.92 Å². The number of hydrogen-bond donors (Lipinski definition) is 0. The number of aryl methyl sites for hydroxylation is 1. The number of anilines is 1. The molecule has 5 rings (SSSR count). The number of benzene rings is 1. The number of thioether (sulfide) groups is 1. The van der Waals surface area contributed by atoms with Crippen molar-refractivity contribution in [3.8, 4) is 17.1 Å². The van der Waals surface area contributed by atoms with Gasteiger partial charge in [0.05, 0.1) is 0 Å². The van der Waals surface area contributed by atoms with Gasteiger partial charge in [-0.05, 0) is 37.3 Å². The summed E-state index contributed by atoms with van der Waals surface area (Å²) in [5, 5.41) is 9.68. The highest BCUT2D eigenvalue weighted by molar-refractivity contribution is 7.99. The number of amides is 1. The van der Waals surface area contributed by atoms with Crippen molar-refractivity contribution in [2.75, 3.05) is 36.8 Å². The van der Waals surface area contributed by atoms with E-state index in [2.05, 4.69) is 61.2 Å². The van der Waals surface area contributed by atoms with Gasteiger partial charge in [-0.25, -0.2) is 9.97 Å². The minimum Gasteiger partial charge on any atom is -0.339 e. The zero-order valence-corrected chi connectivity index (χ0v) is 20.3. The molecule has 0 bridgehead atoms. The van der Waals surface area contributed by atoms with Gasteiger partial charge < -0.3 is 9.80 Å². The molecule has 178 valence electrons. The molecule has 35 heavy (non-hydrogen) atoms. The number of piperazine rings is 1. The lowest BCUT2D eigenvalue weighted by atomic mass is 10.2. The maximum absolute atomic E-state index is 12.9. The van der Waals surface area contributed by atoms with E-state index in [1.54, 1.807) is 42.6 Å². The van der Waals surface area contributed by atoms with Gasteiger partial charge in [0, 0.05) is 74.4 Å². The third-order valence-electron chi connectivity index (χ3n) is 5.88. The minimum atomic E-state index is 0.155. The Morgan fingerprint density at radius 3 is 2.34 bits per heavy atom. The summed E-state index contributed by atoms with van der Waals surface area (Å²) in [5.74, 6) is 2.25. The third kappa shape index (κ3) is 5.32. The first kappa shape index (κ1) is 23.0. The molecule has 1 fully saturated rings. The van der Waals surface area contributed by atoms with Crippen LogP contribution in [0.4, 0.5) is 5.95 Å². The Morgan fingerprint density at radius 2 is 1.63 bits per heavy atom. The van der Waals surface area contributed by atoms with E-state index in [-0.39, 0.29) is 5.91 Å². The summed E-state index contributed by atoms with van der Waals surface area (Å²) in [6.45, 7) is 4.88. The third-order valence-corrected chi connectivity index (χ3v) is 6.81. The maximum Gasteiger partial charge on any atom is 0.225 e. The molecular weight excluding hydrogens is 460 g/mol. The second-order valence-corrected chi connectivity index (χ2v) is 9.29. The van der Waals surface area contributed by atoms with Crippen LogP contribution in [0.5, 0.6) is 0 Å². The van der Waals surface area contributed by atoms with Crippen LogP contribution in [0.3, 0.4) is 0 Å². The number of aromatic nitrogens is 6. The highest BCUT2D eigenvalue weighted by Gasteiger charge is 2.23. The molecule has 1 saturated heterocycles. The molecular formula is C25H26N8OS. The van der Waals surface area contributed by atoms with Gasteiger partial charge in [0.1, 0.15) is 0 Å². The van der Waals surface area contributed by atoms with E-state index in [0.717, 1.165) is 41.3 Å². The van der Waals surface area contributed by atoms with Crippen LogP contribution >= 0.6 is 11.8 Å². The summed E-state index contributed by atoms with van der Waals surface area (Å²) < 4.78 is 2.04. The van der Waals surface area contributed by atoms with E-state index >= 15 is 0 Å². The molecule has 3 aromatic heterocycles. The minimum absolute atomic E-state index is 0.155. The van der Waals surface area contributed by atoms with Crippen LogP contribution in [0.2, 0.25) is 0 Å². The number of rotatable bonds is 7. The van der Waals surface area contributed by atoms with Crippen LogP contribution in [0.25, 0.3) is 17.1 Å². The van der Waals surface area contributed by atoms with Gasteiger partial charge in [0.25, 0.3) is 0 Å². The molecule has 0 unspecified atom stereocenters. The number of nitrogens with zero attached hydrogens (tertiary/aromatic N) is 8. The molecule has 0 N–H and O–H groups in total. The van der Waals surface area contributed by atoms with Crippen molar-refractivity contribution in [3.63, 3.8) is 0 Å². The number of carbonyl (C=O) groups is 1. The molecule has 0 atom stereocenters. The fourth-order valence-electron chi connectivity index (χ4n) is 3.98. The standard InChI is InChI=1S/C25H26N8OS/c1-19-3-5-21(6-4-19)33-23(20-7-12-26-13-8-20)29-30-25(33)35-18-9-22(34)31-14-16-32(17-15-31)24-27-10-2-11-28-24/h2-8,10-13H,9,14-18H2,1H3. The Balaban J connectivity index is 1.23. The Labute approximate surface area is 208 Å². The number of pyridine rings is 1. The molecule has 1 amide bonds. The summed E-state index contributed by atoms with van der Waals surface area (Å²) in [6.07, 6.45) is 7.42. The lowest BCUT2D eigenvalue weighted by Crippen LogP contribution is -2.49. The fraction of sp³-hybridized carbons (Fsp3) is 0.280. The second-order valence-electron chi connectivity index (χ2n) is 8.23. The van der Waals surface area contributed by atoms with Crippen molar-refractivity contribution in [2.24, 2.45) is 0 Å². The van der Waals surface area contributed by atoms with Gasteiger partial charge >= 0.3 is 0 Å². The van der Waals surface area contributed by atoms with Crippen LogP contribution in [-0.4, -0.2) is 72.5 Å². The van der Waals surface area contributed by atoms with Gasteiger partial charge in [0.15, 0.2) is 11.0 Å². The summed E-state index contributed by atoms with van der Waals surface area (Å²) in [4.78, 5) is 29.6. The van der Waals surface area contributed by atoms with Crippen molar-refractivity contribution < 1.29 is 4.79 Å². The normalized spacial score (nSPS) is 13.7. The highest BCUT2D eigenvalue weighted by atomic mass is 32.2. The van der Waals surface area contributed by atoms with Gasteiger partial charge in [-0.1, -0.05) is 29.5 Å². The SMILES string of the molecule is Cc1ccc(-n2c(SCCC(=O)N3CCN(c4ncccn4)CC3)nnc2-c2ccncc2)cc1. The molecule has 0 aliphatic carbocycles. The molecule has 1 aromatic carbocycles. The molecule has 0 radical (unpaired) electrons. The topological polar surface area (TPSA) is 92.9 Å². The van der Waals surface area contributed by atoms with E-state index in [1.807, 2.05) is 21.6 Å². The second kappa shape index (κ2) is 10.6. The molecule has 0 saturated carbocycles. The van der Waals surface area contributed by atoms with Gasteiger partial charge in [-0.15, -0.1) is 10.2 Å². The Hall–Kier alpha value is -3.79. The highest BCUT2D eigenvalue weighted by Crippen LogP contribution is 2.28. The van der Waals surface area contributed by atoms with E-state index in [9.17, 15) is 4.79 Å². The molecule has 1 aliphatic heterocycles. The van der Waals surface area contributed by atoms with Gasteiger partial charge in [-0.3, -0.25) is 14.3 Å². The van der Waals surface area contributed by atoms with Crippen molar-refractivity contribution >= 4 is 23.6 Å². The first-order valence-corrected chi connectivity index (χ1v) is 12.5. The first-order valence-electron chi connectivity index (χ1n) is 11.5. The quantitative estimate of drug-likeness (QED) is 0.368. The Bertz CT molecular complexity index is 1260. The summed E-state index contributed by atoms with van der Waals surface area (Å²) >= 11 is 1.55. The van der Waals surface area contributed by atoms with Crippen molar-refractivity contribution in [1.82, 2.24) is 34.6 Å². The first-order chi connectivity index (χ1) is 17.2. The van der Waals surface area contributed by atoms with Gasteiger partial charge in [-0.2, -0.15) is 0 Å². The molecule has 9 nitrogen and oxygen atoms in total. The molecule has 4 heterocycles. The average Bonchev–Trinajstić information content (AvgIpc) is 3.34. The lowest BCUT2D eigenvalue weighted by molar-refractivity contribution is -0.131. The zero-order chi connectivity index (χ0) is 24.0. The fourth-order valence-corrected chi connectivity index (χ4v) is 4.85. The predicted octanol–water partition coefficient (Wildman–Crippen LogP) is 3.26. The largest absolute Gasteiger partial charge is 0.339 e. The van der Waals surface area contributed by atoms with Gasteiger partial charge in [0.2, 0.25) is 11.9 Å². The average molecular weight is 487 g/mol. The zero-order valence-electron chi connectivity index (χ0n) is 19.5. The number of hydrogen-bond acceptors (Lipinski definition) is 8. The summed E-state index contributed by atoms with van der Waals surface area (Å²) in [6, 6.07) is 13.9. The monoisotopic (exact) mass is 486 g/mol. The smallest absolute Gasteiger partial charge is 0.225 e. The summed E-state index contributed by atoms with van der Waals surface area (Å²) in [7, 11) is 0. The van der Waals surface area contributed by atoms with E-state index in [1.165, 1.54) is 5.56 Å². The predicted molar refractivity (Wildman–Crippen MR) is 135 cm³/mol.